The maximum Gasteiger partial charge on any atom is 0.149 e. The molecule has 0 spiro atoms. The molecule has 56 valence electrons. The summed E-state index contributed by atoms with van der Waals surface area (Å²) in [6.07, 6.45) is 1.32. The van der Waals surface area contributed by atoms with Crippen molar-refractivity contribution in [1.29, 1.82) is 0 Å². The summed E-state index contributed by atoms with van der Waals surface area (Å²) < 4.78 is 0. The number of hydrogen-bond donors (Lipinski definition) is 1. The van der Waals surface area contributed by atoms with Crippen LogP contribution in [0.4, 0.5) is 0 Å². The maximum atomic E-state index is 10.6. The number of carbonyl (C=O) groups excluding carboxylic acids is 1. The van der Waals surface area contributed by atoms with E-state index in [0.29, 0.717) is 6.42 Å². The van der Waals surface area contributed by atoms with E-state index in [-0.39, 0.29) is 24.2 Å². The average molecular weight is 152 g/mol. The van der Waals surface area contributed by atoms with Gasteiger partial charge in [0.2, 0.25) is 0 Å². The molecule has 2 N–H and O–H groups in total. The molecule has 0 bridgehead atoms. The van der Waals surface area contributed by atoms with Crippen LogP contribution in [0.15, 0.2) is 0 Å². The molecule has 0 aliphatic heterocycles. The van der Waals surface area contributed by atoms with Crippen LogP contribution in [0.5, 0.6) is 0 Å². The Morgan fingerprint density at radius 2 is 2.00 bits per heavy atom. The molecule has 0 rings (SSSR count). The molecule has 1 unspecified atom stereocenters. The standard InChI is InChI=1S/C6H13NO.ClH/c1-3-5(7)6(8)4-2;/h5H,3-4,7H2,1-2H3;1H. The summed E-state index contributed by atoms with van der Waals surface area (Å²) in [6.45, 7) is 3.75. The summed E-state index contributed by atoms with van der Waals surface area (Å²) in [6, 6.07) is -0.222. The van der Waals surface area contributed by atoms with E-state index in [1.807, 2.05) is 13.8 Å². The minimum Gasteiger partial charge on any atom is -0.322 e. The number of nitrogens with two attached hydrogens (primary N) is 1. The second kappa shape index (κ2) is 6.05. The first kappa shape index (κ1) is 11.7. The van der Waals surface area contributed by atoms with Crippen LogP contribution < -0.4 is 5.73 Å². The van der Waals surface area contributed by atoms with Crippen molar-refractivity contribution in [1.82, 2.24) is 0 Å². The summed E-state index contributed by atoms with van der Waals surface area (Å²) in [5, 5.41) is 0. The number of rotatable bonds is 3. The number of hydrogen-bond acceptors (Lipinski definition) is 2. The second-order valence-corrected chi connectivity index (χ2v) is 1.83. The van der Waals surface area contributed by atoms with E-state index in [0.717, 1.165) is 6.42 Å². The summed E-state index contributed by atoms with van der Waals surface area (Å²) in [4.78, 5) is 10.6. The van der Waals surface area contributed by atoms with Gasteiger partial charge in [-0.3, -0.25) is 4.79 Å². The van der Waals surface area contributed by atoms with Gasteiger partial charge in [-0.15, -0.1) is 12.4 Å². The molecule has 1 atom stereocenters. The van der Waals surface area contributed by atoms with Crippen LogP contribution in [0.2, 0.25) is 0 Å². The molecule has 2 nitrogen and oxygen atoms in total. The van der Waals surface area contributed by atoms with Crippen LogP contribution in [0.3, 0.4) is 0 Å². The minimum absolute atomic E-state index is 0. The number of Topliss-reactive ketones (excluding diaryl/α,β-unsaturated/α-hetero) is 1. The molecule has 0 aromatic heterocycles. The van der Waals surface area contributed by atoms with Crippen molar-refractivity contribution in [3.8, 4) is 0 Å². The fraction of sp³-hybridized carbons (Fsp3) is 0.833. The van der Waals surface area contributed by atoms with Crippen LogP contribution in [0.1, 0.15) is 26.7 Å². The summed E-state index contributed by atoms with van der Waals surface area (Å²) >= 11 is 0. The molecule has 0 fully saturated rings. The average Bonchev–Trinajstić information content (AvgIpc) is 1.84. The molecule has 0 amide bonds. The first-order valence-corrected chi connectivity index (χ1v) is 3.00. The lowest BCUT2D eigenvalue weighted by molar-refractivity contribution is -0.120. The Bertz CT molecular complexity index is 85.1. The summed E-state index contributed by atoms with van der Waals surface area (Å²) in [5.74, 6) is 0.160. The van der Waals surface area contributed by atoms with Crippen LogP contribution >= 0.6 is 12.4 Å². The highest BCUT2D eigenvalue weighted by molar-refractivity contribution is 5.85. The molecule has 0 aliphatic rings. The zero-order valence-corrected chi connectivity index (χ0v) is 6.70. The topological polar surface area (TPSA) is 43.1 Å². The third kappa shape index (κ3) is 4.43. The molecule has 0 radical (unpaired) electrons. The Labute approximate surface area is 62.2 Å². The van der Waals surface area contributed by atoms with Gasteiger partial charge in [0.25, 0.3) is 0 Å². The number of halogens is 1. The lowest BCUT2D eigenvalue weighted by atomic mass is 10.1. The Hall–Kier alpha value is -0.0800. The van der Waals surface area contributed by atoms with Crippen molar-refractivity contribution in [3.05, 3.63) is 0 Å². The zero-order chi connectivity index (χ0) is 6.57. The SMILES string of the molecule is CCC(=O)C(N)CC.Cl. The molecular weight excluding hydrogens is 138 g/mol. The van der Waals surface area contributed by atoms with Gasteiger partial charge in [0.05, 0.1) is 6.04 Å². The van der Waals surface area contributed by atoms with Crippen molar-refractivity contribution >= 4 is 18.2 Å². The zero-order valence-electron chi connectivity index (χ0n) is 5.89. The largest absolute Gasteiger partial charge is 0.322 e. The first-order chi connectivity index (χ1) is 3.72. The Morgan fingerprint density at radius 3 is 2.11 bits per heavy atom. The van der Waals surface area contributed by atoms with Gasteiger partial charge in [0.1, 0.15) is 5.78 Å². The van der Waals surface area contributed by atoms with Crippen molar-refractivity contribution in [2.45, 2.75) is 32.7 Å². The highest BCUT2D eigenvalue weighted by Crippen LogP contribution is 1.90. The molecule has 0 heterocycles. The van der Waals surface area contributed by atoms with Gasteiger partial charge < -0.3 is 5.73 Å². The lowest BCUT2D eigenvalue weighted by Crippen LogP contribution is -2.28. The molecule has 0 saturated carbocycles. The van der Waals surface area contributed by atoms with Gasteiger partial charge in [0, 0.05) is 6.42 Å². The van der Waals surface area contributed by atoms with E-state index in [4.69, 9.17) is 5.73 Å². The van der Waals surface area contributed by atoms with Crippen molar-refractivity contribution in [2.24, 2.45) is 5.73 Å². The minimum atomic E-state index is -0.222. The van der Waals surface area contributed by atoms with Gasteiger partial charge in [-0.25, -0.2) is 0 Å². The fourth-order valence-corrected chi connectivity index (χ4v) is 0.490. The molecule has 0 aliphatic carbocycles. The van der Waals surface area contributed by atoms with Crippen LogP contribution in [-0.4, -0.2) is 11.8 Å². The maximum absolute atomic E-state index is 10.6. The van der Waals surface area contributed by atoms with Crippen molar-refractivity contribution in [3.63, 3.8) is 0 Å². The van der Waals surface area contributed by atoms with E-state index < -0.39 is 0 Å². The molecular formula is C6H14ClNO. The van der Waals surface area contributed by atoms with Gasteiger partial charge in [-0.2, -0.15) is 0 Å². The molecule has 0 aromatic rings. The van der Waals surface area contributed by atoms with Gasteiger partial charge in [0.15, 0.2) is 0 Å². The van der Waals surface area contributed by atoms with Crippen LogP contribution in [0, 0.1) is 0 Å². The lowest BCUT2D eigenvalue weighted by Gasteiger charge is -2.02. The number of ketones is 1. The predicted octanol–water partition coefficient (Wildman–Crippen LogP) is 1.12. The number of carbonyl (C=O) groups is 1. The quantitative estimate of drug-likeness (QED) is 0.657. The normalized spacial score (nSPS) is 11.9. The third-order valence-electron chi connectivity index (χ3n) is 1.20. The first-order valence-electron chi connectivity index (χ1n) is 3.00. The highest BCUT2D eigenvalue weighted by Gasteiger charge is 2.06. The molecule has 9 heavy (non-hydrogen) atoms. The Morgan fingerprint density at radius 1 is 1.56 bits per heavy atom. The molecule has 0 saturated heterocycles. The van der Waals surface area contributed by atoms with E-state index in [1.54, 1.807) is 0 Å². The molecule has 0 aromatic carbocycles. The van der Waals surface area contributed by atoms with Gasteiger partial charge in [-0.1, -0.05) is 13.8 Å². The van der Waals surface area contributed by atoms with Crippen molar-refractivity contribution < 1.29 is 4.79 Å². The Balaban J connectivity index is 0. The third-order valence-corrected chi connectivity index (χ3v) is 1.20. The summed E-state index contributed by atoms with van der Waals surface area (Å²) in [7, 11) is 0. The second-order valence-electron chi connectivity index (χ2n) is 1.83. The monoisotopic (exact) mass is 151 g/mol. The van der Waals surface area contributed by atoms with E-state index >= 15 is 0 Å². The van der Waals surface area contributed by atoms with Gasteiger partial charge in [-0.05, 0) is 6.42 Å². The van der Waals surface area contributed by atoms with E-state index in [2.05, 4.69) is 0 Å². The highest BCUT2D eigenvalue weighted by atomic mass is 35.5. The van der Waals surface area contributed by atoms with E-state index in [9.17, 15) is 4.79 Å². The predicted molar refractivity (Wildman–Crippen MR) is 40.8 cm³/mol. The Kier molecular flexibility index (Phi) is 7.85. The van der Waals surface area contributed by atoms with E-state index in [1.165, 1.54) is 0 Å². The molecule has 3 heteroatoms. The van der Waals surface area contributed by atoms with Crippen LogP contribution in [0.25, 0.3) is 0 Å². The van der Waals surface area contributed by atoms with Crippen molar-refractivity contribution in [2.75, 3.05) is 0 Å². The smallest absolute Gasteiger partial charge is 0.149 e. The van der Waals surface area contributed by atoms with Gasteiger partial charge >= 0.3 is 0 Å². The van der Waals surface area contributed by atoms with Crippen LogP contribution in [-0.2, 0) is 4.79 Å². The summed E-state index contributed by atoms with van der Waals surface area (Å²) in [5.41, 5.74) is 5.38. The fourth-order valence-electron chi connectivity index (χ4n) is 0.490.